The number of benzene rings is 2. The number of aromatic hydroxyl groups is 1. The number of fused-ring (bicyclic) bond motifs is 1. The van der Waals surface area contributed by atoms with E-state index in [2.05, 4.69) is 0 Å². The molecule has 0 unspecified atom stereocenters. The van der Waals surface area contributed by atoms with Gasteiger partial charge >= 0.3 is 5.97 Å². The van der Waals surface area contributed by atoms with Gasteiger partial charge in [-0.25, -0.2) is 0 Å². The Morgan fingerprint density at radius 1 is 1.04 bits per heavy atom. The molecule has 0 aliphatic carbocycles. The van der Waals surface area contributed by atoms with E-state index in [-0.39, 0.29) is 17.6 Å². The first-order valence-electron chi connectivity index (χ1n) is 8.46. The second-order valence-electron chi connectivity index (χ2n) is 6.47. The zero-order valence-corrected chi connectivity index (χ0v) is 14.5. The van der Waals surface area contributed by atoms with Gasteiger partial charge in [0, 0.05) is 11.5 Å². The fraction of sp³-hybridized carbons (Fsp3) is 0.350. The van der Waals surface area contributed by atoms with Gasteiger partial charge in [-0.2, -0.15) is 0 Å². The van der Waals surface area contributed by atoms with Gasteiger partial charge in [0.2, 0.25) is 0 Å². The van der Waals surface area contributed by atoms with Crippen LogP contribution in [0.3, 0.4) is 0 Å². The van der Waals surface area contributed by atoms with Crippen molar-refractivity contribution in [3.05, 3.63) is 53.6 Å². The Hall–Kier alpha value is -2.73. The number of esters is 1. The average Bonchev–Trinajstić information content (AvgIpc) is 3.24. The van der Waals surface area contributed by atoms with Crippen LogP contribution in [0.25, 0.3) is 0 Å². The van der Waals surface area contributed by atoms with E-state index in [1.807, 2.05) is 24.3 Å². The summed E-state index contributed by atoms with van der Waals surface area (Å²) in [6.45, 7) is 0.410. The van der Waals surface area contributed by atoms with E-state index in [4.69, 9.17) is 18.9 Å². The molecule has 0 amide bonds. The lowest BCUT2D eigenvalue weighted by Gasteiger charge is -2.18. The molecule has 6 heteroatoms. The summed E-state index contributed by atoms with van der Waals surface area (Å²) in [5.74, 6) is 0.317. The lowest BCUT2D eigenvalue weighted by atomic mass is 9.84. The van der Waals surface area contributed by atoms with Crippen LogP contribution in [0, 0.1) is 11.8 Å². The molecule has 0 spiro atoms. The van der Waals surface area contributed by atoms with Gasteiger partial charge in [0.05, 0.1) is 32.8 Å². The highest BCUT2D eigenvalue weighted by atomic mass is 16.6. The smallest absolute Gasteiger partial charge is 0.313 e. The molecule has 2 aromatic rings. The second kappa shape index (κ2) is 6.53. The largest absolute Gasteiger partial charge is 0.504 e. The molecule has 0 aromatic heterocycles. The molecule has 0 radical (unpaired) electrons. The van der Waals surface area contributed by atoms with Gasteiger partial charge in [0.1, 0.15) is 11.9 Å². The lowest BCUT2D eigenvalue weighted by molar-refractivity contribution is -0.148. The van der Waals surface area contributed by atoms with Crippen LogP contribution in [0.4, 0.5) is 0 Å². The van der Waals surface area contributed by atoms with E-state index >= 15 is 0 Å². The van der Waals surface area contributed by atoms with Crippen LogP contribution in [-0.2, 0) is 14.3 Å². The number of carbonyl (C=O) groups is 1. The van der Waals surface area contributed by atoms with Gasteiger partial charge < -0.3 is 24.1 Å². The summed E-state index contributed by atoms with van der Waals surface area (Å²) in [4.78, 5) is 12.6. The maximum absolute atomic E-state index is 12.6. The van der Waals surface area contributed by atoms with Crippen LogP contribution in [-0.4, -0.2) is 31.9 Å². The number of cyclic esters (lactones) is 1. The molecule has 2 heterocycles. The average molecular weight is 356 g/mol. The Kier molecular flexibility index (Phi) is 4.20. The monoisotopic (exact) mass is 356 g/mol. The molecule has 26 heavy (non-hydrogen) atoms. The summed E-state index contributed by atoms with van der Waals surface area (Å²) in [5, 5.41) is 9.79. The summed E-state index contributed by atoms with van der Waals surface area (Å²) in [7, 11) is 3.09. The number of hydrogen-bond acceptors (Lipinski definition) is 6. The number of hydrogen-bond donors (Lipinski definition) is 1. The quantitative estimate of drug-likeness (QED) is 0.849. The van der Waals surface area contributed by atoms with E-state index in [1.54, 1.807) is 25.3 Å². The number of phenolic OH excluding ortho intramolecular Hbond substituents is 1. The third-order valence-electron chi connectivity index (χ3n) is 5.14. The van der Waals surface area contributed by atoms with E-state index < -0.39 is 18.1 Å². The Labute approximate surface area is 151 Å². The van der Waals surface area contributed by atoms with Crippen LogP contribution in [0.15, 0.2) is 42.5 Å². The lowest BCUT2D eigenvalue weighted by Crippen LogP contribution is -2.18. The van der Waals surface area contributed by atoms with E-state index in [9.17, 15) is 9.90 Å². The molecule has 1 N–H and O–H groups in total. The Balaban J connectivity index is 1.66. The van der Waals surface area contributed by atoms with Crippen LogP contribution in [0.1, 0.15) is 23.3 Å². The third kappa shape index (κ3) is 2.57. The highest BCUT2D eigenvalue weighted by molar-refractivity contribution is 5.77. The minimum Gasteiger partial charge on any atom is -0.504 e. The first-order chi connectivity index (χ1) is 12.6. The summed E-state index contributed by atoms with van der Waals surface area (Å²) >= 11 is 0. The molecular weight excluding hydrogens is 336 g/mol. The zero-order valence-electron chi connectivity index (χ0n) is 14.5. The normalized spacial score (nSPS) is 27.1. The van der Waals surface area contributed by atoms with Crippen molar-refractivity contribution in [3.8, 4) is 17.2 Å². The fourth-order valence-electron chi connectivity index (χ4n) is 3.88. The predicted molar refractivity (Wildman–Crippen MR) is 92.2 cm³/mol. The number of phenols is 1. The number of rotatable bonds is 4. The van der Waals surface area contributed by atoms with Crippen LogP contribution in [0.2, 0.25) is 0 Å². The summed E-state index contributed by atoms with van der Waals surface area (Å²) in [5.41, 5.74) is 1.63. The molecule has 2 fully saturated rings. The van der Waals surface area contributed by atoms with Gasteiger partial charge in [-0.1, -0.05) is 24.3 Å². The molecule has 4 atom stereocenters. The topological polar surface area (TPSA) is 74.2 Å². The highest BCUT2D eigenvalue weighted by Gasteiger charge is 2.54. The first-order valence-corrected chi connectivity index (χ1v) is 8.46. The maximum atomic E-state index is 12.6. The van der Waals surface area contributed by atoms with Gasteiger partial charge in [0.15, 0.2) is 11.5 Å². The molecule has 0 bridgehead atoms. The molecule has 2 saturated heterocycles. The maximum Gasteiger partial charge on any atom is 0.313 e. The first kappa shape index (κ1) is 16.7. The Morgan fingerprint density at radius 3 is 2.58 bits per heavy atom. The SMILES string of the molecule is COc1cc([C@H]2OC[C@H]3[C@@H]2C(=O)O[C@@H]3c2ccccc2OC)ccc1O. The van der Waals surface area contributed by atoms with Crippen molar-refractivity contribution in [2.45, 2.75) is 12.2 Å². The summed E-state index contributed by atoms with van der Waals surface area (Å²) in [6, 6.07) is 12.5. The van der Waals surface area contributed by atoms with Crippen molar-refractivity contribution in [1.29, 1.82) is 0 Å². The summed E-state index contributed by atoms with van der Waals surface area (Å²) < 4.78 is 22.3. The van der Waals surface area contributed by atoms with Crippen LogP contribution in [0.5, 0.6) is 17.2 Å². The second-order valence-corrected chi connectivity index (χ2v) is 6.47. The Bertz CT molecular complexity index is 833. The molecule has 0 saturated carbocycles. The minimum absolute atomic E-state index is 0.0479. The van der Waals surface area contributed by atoms with Gasteiger partial charge in [-0.15, -0.1) is 0 Å². The number of methoxy groups -OCH3 is 2. The van der Waals surface area contributed by atoms with Gasteiger partial charge in [-0.3, -0.25) is 4.79 Å². The van der Waals surface area contributed by atoms with Crippen LogP contribution >= 0.6 is 0 Å². The standard InChI is InChI=1S/C20H20O6/c1-23-15-6-4-3-5-12(15)19-13-10-25-18(17(13)20(22)26-19)11-7-8-14(21)16(9-11)24-2/h3-9,13,17-19,21H,10H2,1-2H3/t13-,17-,18+,19+/m0/s1. The molecule has 136 valence electrons. The van der Waals surface area contributed by atoms with Crippen molar-refractivity contribution in [2.75, 3.05) is 20.8 Å². The van der Waals surface area contributed by atoms with Crippen molar-refractivity contribution in [1.82, 2.24) is 0 Å². The third-order valence-corrected chi connectivity index (χ3v) is 5.14. The van der Waals surface area contributed by atoms with Crippen molar-refractivity contribution in [3.63, 3.8) is 0 Å². The predicted octanol–water partition coefficient (Wildman–Crippen LogP) is 3.01. The fourth-order valence-corrected chi connectivity index (χ4v) is 3.88. The Morgan fingerprint density at radius 2 is 1.81 bits per heavy atom. The molecule has 2 aliphatic heterocycles. The number of ether oxygens (including phenoxy) is 4. The van der Waals surface area contributed by atoms with Gasteiger partial charge in [0.25, 0.3) is 0 Å². The summed E-state index contributed by atoms with van der Waals surface area (Å²) in [6.07, 6.45) is -0.825. The number of para-hydroxylation sites is 1. The minimum atomic E-state index is -0.429. The number of carbonyl (C=O) groups excluding carboxylic acids is 1. The van der Waals surface area contributed by atoms with Crippen molar-refractivity contribution < 1.29 is 28.8 Å². The molecule has 6 nitrogen and oxygen atoms in total. The van der Waals surface area contributed by atoms with Crippen LogP contribution < -0.4 is 9.47 Å². The van der Waals surface area contributed by atoms with Crippen molar-refractivity contribution in [2.24, 2.45) is 11.8 Å². The van der Waals surface area contributed by atoms with Crippen molar-refractivity contribution >= 4 is 5.97 Å². The highest BCUT2D eigenvalue weighted by Crippen LogP contribution is 2.52. The van der Waals surface area contributed by atoms with E-state index in [0.717, 1.165) is 11.1 Å². The van der Waals surface area contributed by atoms with Gasteiger partial charge in [-0.05, 0) is 23.8 Å². The zero-order chi connectivity index (χ0) is 18.3. The molecule has 4 rings (SSSR count). The molecule has 2 aliphatic rings. The molecular formula is C20H20O6. The molecule has 2 aromatic carbocycles. The van der Waals surface area contributed by atoms with E-state index in [0.29, 0.717) is 18.1 Å². The van der Waals surface area contributed by atoms with E-state index in [1.165, 1.54) is 7.11 Å².